The Morgan fingerprint density at radius 2 is 2.10 bits per heavy atom. The summed E-state index contributed by atoms with van der Waals surface area (Å²) in [6, 6.07) is 6.67. The maximum atomic E-state index is 12.2. The molecule has 1 aromatic carbocycles. The second kappa shape index (κ2) is 8.79. The van der Waals surface area contributed by atoms with E-state index in [0.29, 0.717) is 11.6 Å². The van der Waals surface area contributed by atoms with E-state index < -0.39 is 18.6 Å². The number of nitrogens with one attached hydrogen (secondary N) is 1. The molecule has 1 atom stereocenters. The second-order valence-electron chi connectivity index (χ2n) is 4.45. The van der Waals surface area contributed by atoms with Crippen molar-refractivity contribution in [2.45, 2.75) is 19.4 Å². The van der Waals surface area contributed by atoms with Crippen molar-refractivity contribution in [1.82, 2.24) is 5.32 Å². The van der Waals surface area contributed by atoms with Gasteiger partial charge >= 0.3 is 5.97 Å². The number of benzene rings is 1. The van der Waals surface area contributed by atoms with Crippen LogP contribution in [0.2, 0.25) is 5.02 Å². The number of hydrogen-bond acceptors (Lipinski definition) is 4. The maximum absolute atomic E-state index is 12.2. The first-order chi connectivity index (χ1) is 10.0. The minimum absolute atomic E-state index is 0.261. The van der Waals surface area contributed by atoms with E-state index in [0.717, 1.165) is 12.1 Å². The van der Waals surface area contributed by atoms with Gasteiger partial charge in [0, 0.05) is 12.3 Å². The quantitative estimate of drug-likeness (QED) is 0.638. The van der Waals surface area contributed by atoms with Gasteiger partial charge in [-0.2, -0.15) is 12.6 Å². The molecule has 0 fully saturated rings. The van der Waals surface area contributed by atoms with Gasteiger partial charge in [-0.25, -0.2) is 0 Å². The van der Waals surface area contributed by atoms with Gasteiger partial charge in [0.15, 0.2) is 0 Å². The van der Waals surface area contributed by atoms with E-state index in [2.05, 4.69) is 17.9 Å². The molecule has 2 N–H and O–H groups in total. The zero-order valence-electron chi connectivity index (χ0n) is 11.8. The molecule has 21 heavy (non-hydrogen) atoms. The lowest BCUT2D eigenvalue weighted by Crippen LogP contribution is -2.50. The standard InChI is InChI=1S/C14H19ClN2O3S/c1-2-7-17(11-6-4-3-5-10(11)15)12(9-21)14(20)16-8-13(18)19/h3-6,12,21H,2,7-9H2,1H3,(H,16,20)(H,18,19). The molecular formula is C14H19ClN2O3S. The SMILES string of the molecule is CCCN(c1ccccc1Cl)C(CS)C(=O)NCC(=O)O. The lowest BCUT2D eigenvalue weighted by Gasteiger charge is -2.32. The summed E-state index contributed by atoms with van der Waals surface area (Å²) in [5, 5.41) is 11.6. The summed E-state index contributed by atoms with van der Waals surface area (Å²) in [5.74, 6) is -1.20. The fraction of sp³-hybridized carbons (Fsp3) is 0.429. The summed E-state index contributed by atoms with van der Waals surface area (Å²) in [4.78, 5) is 24.6. The highest BCUT2D eigenvalue weighted by Crippen LogP contribution is 2.27. The van der Waals surface area contributed by atoms with Crippen molar-refractivity contribution in [3.05, 3.63) is 29.3 Å². The molecule has 0 spiro atoms. The van der Waals surface area contributed by atoms with Crippen molar-refractivity contribution in [1.29, 1.82) is 0 Å². The molecule has 1 amide bonds. The summed E-state index contributed by atoms with van der Waals surface area (Å²) < 4.78 is 0. The number of aliphatic carboxylic acids is 1. The van der Waals surface area contributed by atoms with Gasteiger partial charge in [0.2, 0.25) is 5.91 Å². The predicted molar refractivity (Wildman–Crippen MR) is 87.4 cm³/mol. The van der Waals surface area contributed by atoms with Crippen molar-refractivity contribution in [2.24, 2.45) is 0 Å². The number of para-hydroxylation sites is 1. The molecule has 0 bridgehead atoms. The third kappa shape index (κ3) is 5.13. The molecule has 0 saturated heterocycles. The number of halogens is 1. The van der Waals surface area contributed by atoms with Crippen LogP contribution in [-0.2, 0) is 9.59 Å². The van der Waals surface area contributed by atoms with E-state index in [1.54, 1.807) is 6.07 Å². The molecule has 7 heteroatoms. The van der Waals surface area contributed by atoms with E-state index in [1.807, 2.05) is 30.0 Å². The Morgan fingerprint density at radius 1 is 1.43 bits per heavy atom. The normalized spacial score (nSPS) is 11.8. The second-order valence-corrected chi connectivity index (χ2v) is 5.23. The lowest BCUT2D eigenvalue weighted by molar-refractivity contribution is -0.138. The van der Waals surface area contributed by atoms with Crippen LogP contribution in [0, 0.1) is 0 Å². The van der Waals surface area contributed by atoms with Gasteiger partial charge in [0.1, 0.15) is 12.6 Å². The number of nitrogens with zero attached hydrogens (tertiary/aromatic N) is 1. The molecule has 0 aliphatic heterocycles. The molecule has 0 heterocycles. The van der Waals surface area contributed by atoms with Crippen LogP contribution in [0.1, 0.15) is 13.3 Å². The van der Waals surface area contributed by atoms with Crippen LogP contribution >= 0.6 is 24.2 Å². The third-order valence-electron chi connectivity index (χ3n) is 2.89. The Bertz CT molecular complexity index is 499. The van der Waals surface area contributed by atoms with E-state index >= 15 is 0 Å². The first-order valence-electron chi connectivity index (χ1n) is 6.62. The van der Waals surface area contributed by atoms with Crippen molar-refractivity contribution >= 4 is 41.8 Å². The van der Waals surface area contributed by atoms with Crippen molar-refractivity contribution in [3.63, 3.8) is 0 Å². The first kappa shape index (κ1) is 17.7. The van der Waals surface area contributed by atoms with E-state index in [4.69, 9.17) is 16.7 Å². The average molecular weight is 331 g/mol. The molecule has 1 rings (SSSR count). The number of anilines is 1. The highest BCUT2D eigenvalue weighted by molar-refractivity contribution is 7.80. The van der Waals surface area contributed by atoms with Crippen LogP contribution in [0.25, 0.3) is 0 Å². The Labute approximate surface area is 134 Å². The number of hydrogen-bond donors (Lipinski definition) is 3. The number of rotatable bonds is 8. The number of thiol groups is 1. The van der Waals surface area contributed by atoms with Gasteiger partial charge in [-0.05, 0) is 18.6 Å². The molecule has 0 aliphatic rings. The Balaban J connectivity index is 2.98. The predicted octanol–water partition coefficient (Wildman–Crippen LogP) is 2.06. The summed E-state index contributed by atoms with van der Waals surface area (Å²) >= 11 is 10.4. The van der Waals surface area contributed by atoms with Crippen LogP contribution in [0.3, 0.4) is 0 Å². The minimum atomic E-state index is -1.08. The largest absolute Gasteiger partial charge is 0.480 e. The fourth-order valence-electron chi connectivity index (χ4n) is 1.97. The highest BCUT2D eigenvalue weighted by Gasteiger charge is 2.26. The number of carbonyl (C=O) groups excluding carboxylic acids is 1. The number of amides is 1. The van der Waals surface area contributed by atoms with Crippen LogP contribution < -0.4 is 10.2 Å². The van der Waals surface area contributed by atoms with Crippen molar-refractivity contribution < 1.29 is 14.7 Å². The molecule has 5 nitrogen and oxygen atoms in total. The maximum Gasteiger partial charge on any atom is 0.322 e. The average Bonchev–Trinajstić information content (AvgIpc) is 2.45. The monoisotopic (exact) mass is 330 g/mol. The van der Waals surface area contributed by atoms with Crippen LogP contribution in [-0.4, -0.2) is 41.9 Å². The molecule has 0 saturated carbocycles. The number of carboxylic acids is 1. The summed E-state index contributed by atoms with van der Waals surface area (Å²) in [6.45, 7) is 2.20. The molecular weight excluding hydrogens is 312 g/mol. The molecule has 1 aromatic rings. The molecule has 116 valence electrons. The molecule has 1 unspecified atom stereocenters. The Morgan fingerprint density at radius 3 is 2.62 bits per heavy atom. The van der Waals surface area contributed by atoms with Crippen LogP contribution in [0.5, 0.6) is 0 Å². The van der Waals surface area contributed by atoms with Crippen molar-refractivity contribution in [2.75, 3.05) is 23.7 Å². The fourth-order valence-corrected chi connectivity index (χ4v) is 2.58. The van der Waals surface area contributed by atoms with Crippen LogP contribution in [0.15, 0.2) is 24.3 Å². The molecule has 0 aliphatic carbocycles. The first-order valence-corrected chi connectivity index (χ1v) is 7.63. The van der Waals surface area contributed by atoms with Crippen molar-refractivity contribution in [3.8, 4) is 0 Å². The van der Waals surface area contributed by atoms with E-state index in [9.17, 15) is 9.59 Å². The summed E-state index contributed by atoms with van der Waals surface area (Å²) in [6.07, 6.45) is 0.821. The van der Waals surface area contributed by atoms with Gasteiger partial charge in [0.05, 0.1) is 10.7 Å². The van der Waals surface area contributed by atoms with Gasteiger partial charge in [-0.15, -0.1) is 0 Å². The number of carboxylic acid groups (broad SMARTS) is 1. The van der Waals surface area contributed by atoms with E-state index in [1.165, 1.54) is 0 Å². The molecule has 0 aromatic heterocycles. The van der Waals surface area contributed by atoms with Gasteiger partial charge < -0.3 is 15.3 Å². The smallest absolute Gasteiger partial charge is 0.322 e. The zero-order valence-corrected chi connectivity index (χ0v) is 13.4. The third-order valence-corrected chi connectivity index (χ3v) is 3.56. The summed E-state index contributed by atoms with van der Waals surface area (Å²) in [5.41, 5.74) is 0.741. The Hall–Kier alpha value is -1.40. The number of carbonyl (C=O) groups is 2. The summed E-state index contributed by atoms with van der Waals surface area (Å²) in [7, 11) is 0. The van der Waals surface area contributed by atoms with E-state index in [-0.39, 0.29) is 11.7 Å². The Kier molecular flexibility index (Phi) is 7.39. The lowest BCUT2D eigenvalue weighted by atomic mass is 10.2. The van der Waals surface area contributed by atoms with Gasteiger partial charge in [-0.3, -0.25) is 9.59 Å². The highest BCUT2D eigenvalue weighted by atomic mass is 35.5. The topological polar surface area (TPSA) is 69.6 Å². The zero-order chi connectivity index (χ0) is 15.8. The molecule has 0 radical (unpaired) electrons. The van der Waals surface area contributed by atoms with Crippen LogP contribution in [0.4, 0.5) is 5.69 Å². The minimum Gasteiger partial charge on any atom is -0.480 e. The van der Waals surface area contributed by atoms with Gasteiger partial charge in [0.25, 0.3) is 0 Å². The van der Waals surface area contributed by atoms with Gasteiger partial charge in [-0.1, -0.05) is 30.7 Å².